The van der Waals surface area contributed by atoms with E-state index in [-0.39, 0.29) is 23.9 Å². The summed E-state index contributed by atoms with van der Waals surface area (Å²) in [5, 5.41) is 8.76. The zero-order valence-electron chi connectivity index (χ0n) is 8.56. The van der Waals surface area contributed by atoms with Crippen molar-refractivity contribution < 1.29 is 5.11 Å². The highest BCUT2D eigenvalue weighted by atomic mass is 16.3. The van der Waals surface area contributed by atoms with Crippen LogP contribution in [-0.2, 0) is 0 Å². The lowest BCUT2D eigenvalue weighted by atomic mass is 10.3. The van der Waals surface area contributed by atoms with E-state index < -0.39 is 0 Å². The van der Waals surface area contributed by atoms with Crippen molar-refractivity contribution in [1.29, 1.82) is 0 Å². The molecule has 2 atom stereocenters. The molecule has 0 aliphatic heterocycles. The molecule has 82 valence electrons. The number of aryl methyl sites for hydroxylation is 1. The summed E-state index contributed by atoms with van der Waals surface area (Å²) in [6.07, 6.45) is 3.23. The number of nitrogens with one attached hydrogen (secondary N) is 1. The maximum atomic E-state index is 11.5. The van der Waals surface area contributed by atoms with Crippen LogP contribution in [0.3, 0.4) is 0 Å². The predicted molar refractivity (Wildman–Crippen MR) is 54.9 cm³/mol. The lowest BCUT2D eigenvalue weighted by Gasteiger charge is -2.04. The number of aliphatic hydroxyl groups excluding tert-OH is 1. The van der Waals surface area contributed by atoms with Crippen LogP contribution in [0.15, 0.2) is 15.8 Å². The van der Waals surface area contributed by atoms with Gasteiger partial charge in [-0.2, -0.15) is 0 Å². The molecule has 1 heterocycles. The first-order valence-corrected chi connectivity index (χ1v) is 5.06. The summed E-state index contributed by atoms with van der Waals surface area (Å²) < 4.78 is 1.57. The van der Waals surface area contributed by atoms with Crippen molar-refractivity contribution in [3.05, 3.63) is 32.6 Å². The van der Waals surface area contributed by atoms with E-state index >= 15 is 0 Å². The zero-order valence-corrected chi connectivity index (χ0v) is 8.56. The number of aromatic amines is 1. The smallest absolute Gasteiger partial charge is 0.328 e. The van der Waals surface area contributed by atoms with Gasteiger partial charge in [-0.25, -0.2) is 4.79 Å². The molecule has 0 saturated heterocycles. The van der Waals surface area contributed by atoms with Crippen LogP contribution < -0.4 is 11.2 Å². The van der Waals surface area contributed by atoms with Crippen molar-refractivity contribution in [3.8, 4) is 0 Å². The van der Waals surface area contributed by atoms with Gasteiger partial charge in [-0.05, 0) is 25.7 Å². The molecule has 0 unspecified atom stereocenters. The fourth-order valence-electron chi connectivity index (χ4n) is 1.88. The third kappa shape index (κ3) is 1.87. The Bertz CT molecular complexity index is 474. The number of rotatable bonds is 3. The molecule has 2 rings (SSSR count). The first kappa shape index (κ1) is 10.2. The van der Waals surface area contributed by atoms with Crippen molar-refractivity contribution in [2.45, 2.75) is 25.8 Å². The van der Waals surface area contributed by atoms with Gasteiger partial charge in [0.1, 0.15) is 0 Å². The minimum atomic E-state index is -0.351. The molecule has 0 bridgehead atoms. The molecule has 1 aromatic heterocycles. The highest BCUT2D eigenvalue weighted by Crippen LogP contribution is 2.44. The third-order valence-electron chi connectivity index (χ3n) is 2.89. The fraction of sp³-hybridized carbons (Fsp3) is 0.600. The van der Waals surface area contributed by atoms with Gasteiger partial charge < -0.3 is 5.11 Å². The van der Waals surface area contributed by atoms with E-state index in [1.54, 1.807) is 17.7 Å². The van der Waals surface area contributed by atoms with Gasteiger partial charge in [-0.1, -0.05) is 0 Å². The van der Waals surface area contributed by atoms with Crippen molar-refractivity contribution in [1.82, 2.24) is 9.55 Å². The minimum absolute atomic E-state index is 0.151. The molecule has 1 aliphatic rings. The van der Waals surface area contributed by atoms with E-state index in [9.17, 15) is 9.59 Å². The molecule has 1 aromatic rings. The Hall–Kier alpha value is -1.36. The maximum Gasteiger partial charge on any atom is 0.328 e. The molecule has 1 fully saturated rings. The minimum Gasteiger partial charge on any atom is -0.396 e. The second-order valence-electron chi connectivity index (χ2n) is 4.05. The second kappa shape index (κ2) is 3.66. The van der Waals surface area contributed by atoms with Crippen LogP contribution in [0.2, 0.25) is 0 Å². The highest BCUT2D eigenvalue weighted by Gasteiger charge is 2.38. The molecule has 5 heteroatoms. The van der Waals surface area contributed by atoms with Gasteiger partial charge in [-0.15, -0.1) is 0 Å². The van der Waals surface area contributed by atoms with Crippen molar-refractivity contribution in [2.24, 2.45) is 5.92 Å². The molecule has 2 N–H and O–H groups in total. The van der Waals surface area contributed by atoms with E-state index in [4.69, 9.17) is 5.11 Å². The summed E-state index contributed by atoms with van der Waals surface area (Å²) in [5.74, 6) is 0.373. The summed E-state index contributed by atoms with van der Waals surface area (Å²) in [6, 6.07) is 0.153. The van der Waals surface area contributed by atoms with E-state index in [1.165, 1.54) is 0 Å². The Morgan fingerprint density at radius 2 is 2.33 bits per heavy atom. The van der Waals surface area contributed by atoms with Gasteiger partial charge in [0, 0.05) is 24.4 Å². The lowest BCUT2D eigenvalue weighted by Crippen LogP contribution is -2.30. The van der Waals surface area contributed by atoms with Gasteiger partial charge in [0.15, 0.2) is 0 Å². The van der Waals surface area contributed by atoms with Crippen molar-refractivity contribution in [3.63, 3.8) is 0 Å². The molecular formula is C10H14N2O3. The van der Waals surface area contributed by atoms with E-state index in [2.05, 4.69) is 4.98 Å². The number of nitrogens with zero attached hydrogens (tertiary/aromatic N) is 1. The average molecular weight is 210 g/mol. The van der Waals surface area contributed by atoms with Gasteiger partial charge >= 0.3 is 5.69 Å². The van der Waals surface area contributed by atoms with Gasteiger partial charge in [0.25, 0.3) is 5.56 Å². The number of aliphatic hydroxyl groups is 1. The zero-order chi connectivity index (χ0) is 11.0. The molecule has 1 aliphatic carbocycles. The van der Waals surface area contributed by atoms with Gasteiger partial charge in [0.2, 0.25) is 0 Å². The van der Waals surface area contributed by atoms with E-state index in [0.29, 0.717) is 11.5 Å². The average Bonchev–Trinajstić information content (AvgIpc) is 2.91. The van der Waals surface area contributed by atoms with Crippen LogP contribution in [0, 0.1) is 12.8 Å². The first-order chi connectivity index (χ1) is 7.13. The summed E-state index contributed by atoms with van der Waals surface area (Å²) in [5.41, 5.74) is -0.129. The Morgan fingerprint density at radius 1 is 1.60 bits per heavy atom. The van der Waals surface area contributed by atoms with Crippen LogP contribution in [0.5, 0.6) is 0 Å². The molecule has 1 saturated carbocycles. The van der Waals surface area contributed by atoms with Crippen molar-refractivity contribution in [2.75, 3.05) is 6.61 Å². The summed E-state index contributed by atoms with van der Waals surface area (Å²) in [4.78, 5) is 24.9. The monoisotopic (exact) mass is 210 g/mol. The van der Waals surface area contributed by atoms with Crippen molar-refractivity contribution >= 4 is 0 Å². The molecule has 0 aromatic carbocycles. The quantitative estimate of drug-likeness (QED) is 0.724. The summed E-state index contributed by atoms with van der Waals surface area (Å²) in [6.45, 7) is 1.83. The standard InChI is InChI=1S/C10H14N2O3/c1-6-5-12(10(15)11-9(6)14)8-4-7(8)2-3-13/h5,7-8,13H,2-4H2,1H3,(H,11,14,15)/t7-,8-/m0/s1. The van der Waals surface area contributed by atoms with Crippen LogP contribution in [-0.4, -0.2) is 21.3 Å². The number of H-pyrrole nitrogens is 1. The highest BCUT2D eigenvalue weighted by molar-refractivity contribution is 5.05. The van der Waals surface area contributed by atoms with E-state index in [1.807, 2.05) is 0 Å². The van der Waals surface area contributed by atoms with Crippen LogP contribution in [0.25, 0.3) is 0 Å². The Labute approximate surface area is 86.4 Å². The summed E-state index contributed by atoms with van der Waals surface area (Å²) in [7, 11) is 0. The van der Waals surface area contributed by atoms with Gasteiger partial charge in [0.05, 0.1) is 0 Å². The first-order valence-electron chi connectivity index (χ1n) is 5.06. The normalized spacial score (nSPS) is 24.1. The number of hydrogen-bond acceptors (Lipinski definition) is 3. The van der Waals surface area contributed by atoms with Crippen LogP contribution in [0.1, 0.15) is 24.4 Å². The lowest BCUT2D eigenvalue weighted by molar-refractivity contribution is 0.276. The topological polar surface area (TPSA) is 75.1 Å². The molecular weight excluding hydrogens is 196 g/mol. The second-order valence-corrected chi connectivity index (χ2v) is 4.05. The molecule has 0 spiro atoms. The molecule has 15 heavy (non-hydrogen) atoms. The Morgan fingerprint density at radius 3 is 3.00 bits per heavy atom. The predicted octanol–water partition coefficient (Wildman–Crippen LogP) is -0.212. The maximum absolute atomic E-state index is 11.5. The molecule has 0 radical (unpaired) electrons. The molecule has 0 amide bonds. The Balaban J connectivity index is 2.28. The SMILES string of the molecule is Cc1cn([C@H]2C[C@@H]2CCO)c(=O)[nH]c1=O. The number of hydrogen-bond donors (Lipinski definition) is 2. The Kier molecular flexibility index (Phi) is 2.48. The fourth-order valence-corrected chi connectivity index (χ4v) is 1.88. The summed E-state index contributed by atoms with van der Waals surface area (Å²) >= 11 is 0. The third-order valence-corrected chi connectivity index (χ3v) is 2.89. The largest absolute Gasteiger partial charge is 0.396 e. The van der Waals surface area contributed by atoms with E-state index in [0.717, 1.165) is 12.8 Å². The van der Waals surface area contributed by atoms with Crippen LogP contribution >= 0.6 is 0 Å². The van der Waals surface area contributed by atoms with Crippen LogP contribution in [0.4, 0.5) is 0 Å². The van der Waals surface area contributed by atoms with Gasteiger partial charge in [-0.3, -0.25) is 14.3 Å². The molecule has 5 nitrogen and oxygen atoms in total. The number of aromatic nitrogens is 2.